The van der Waals surface area contributed by atoms with E-state index in [1.54, 1.807) is 7.11 Å². The molecule has 3 aliphatic rings. The Morgan fingerprint density at radius 3 is 2.63 bits per heavy atom. The molecule has 8 heteroatoms. The van der Waals surface area contributed by atoms with Crippen LogP contribution in [0.2, 0.25) is 0 Å². The summed E-state index contributed by atoms with van der Waals surface area (Å²) in [7, 11) is 2.92. The zero-order valence-electron chi connectivity index (χ0n) is 23.6. The van der Waals surface area contributed by atoms with Gasteiger partial charge in [-0.25, -0.2) is 4.79 Å². The molecule has 8 nitrogen and oxygen atoms in total. The summed E-state index contributed by atoms with van der Waals surface area (Å²) in [6.45, 7) is 9.08. The van der Waals surface area contributed by atoms with Crippen LogP contribution in [0.1, 0.15) is 40.5 Å². The lowest BCUT2D eigenvalue weighted by molar-refractivity contribution is -0.144. The average Bonchev–Trinajstić information content (AvgIpc) is 2.94. The van der Waals surface area contributed by atoms with Gasteiger partial charge in [0.1, 0.15) is 24.7 Å². The van der Waals surface area contributed by atoms with Gasteiger partial charge in [-0.15, -0.1) is 0 Å². The van der Waals surface area contributed by atoms with E-state index in [9.17, 15) is 9.59 Å². The highest BCUT2D eigenvalue weighted by Gasteiger charge is 2.36. The van der Waals surface area contributed by atoms with Gasteiger partial charge in [0, 0.05) is 19.7 Å². The molecule has 0 aromatic heterocycles. The first-order valence-electron chi connectivity index (χ1n) is 13.5. The molecule has 2 N–H and O–H groups in total. The fraction of sp³-hybridized carbons (Fsp3) is 0.600. The summed E-state index contributed by atoms with van der Waals surface area (Å²) in [5.74, 6) is 1.49. The van der Waals surface area contributed by atoms with Crippen LogP contribution in [0, 0.1) is 23.7 Å². The zero-order chi connectivity index (χ0) is 27.7. The van der Waals surface area contributed by atoms with Crippen LogP contribution in [0.5, 0.6) is 0 Å². The van der Waals surface area contributed by atoms with Crippen LogP contribution in [0.3, 0.4) is 0 Å². The Morgan fingerprint density at radius 1 is 1.16 bits per heavy atom. The first kappa shape index (κ1) is 29.9. The van der Waals surface area contributed by atoms with Crippen molar-refractivity contribution in [2.75, 3.05) is 34.2 Å². The predicted octanol–water partition coefficient (Wildman–Crippen LogP) is 3.82. The number of methoxy groups -OCH3 is 2. The van der Waals surface area contributed by atoms with Gasteiger partial charge in [-0.2, -0.15) is 0 Å². The van der Waals surface area contributed by atoms with E-state index in [2.05, 4.69) is 61.8 Å². The first-order chi connectivity index (χ1) is 18.2. The molecule has 210 valence electrons. The minimum absolute atomic E-state index is 0.00174. The lowest BCUT2D eigenvalue weighted by atomic mass is 9.75. The molecule has 0 fully saturated rings. The molecule has 38 heavy (non-hydrogen) atoms. The Bertz CT molecular complexity index is 981. The summed E-state index contributed by atoms with van der Waals surface area (Å²) in [6, 6.07) is -0.522. The molecular weight excluding hydrogens is 484 g/mol. The fourth-order valence-electron chi connectivity index (χ4n) is 5.31. The quantitative estimate of drug-likeness (QED) is 0.226. The van der Waals surface area contributed by atoms with Crippen molar-refractivity contribution >= 4 is 11.9 Å². The molecular formula is C30H44N2O6. The highest BCUT2D eigenvalue weighted by Crippen LogP contribution is 2.38. The van der Waals surface area contributed by atoms with Crippen LogP contribution in [-0.4, -0.2) is 64.2 Å². The highest BCUT2D eigenvalue weighted by molar-refractivity contribution is 5.83. The van der Waals surface area contributed by atoms with E-state index in [1.807, 2.05) is 19.1 Å². The Labute approximate surface area is 227 Å². The van der Waals surface area contributed by atoms with Crippen molar-refractivity contribution in [3.63, 3.8) is 0 Å². The van der Waals surface area contributed by atoms with Crippen LogP contribution >= 0.6 is 0 Å². The van der Waals surface area contributed by atoms with Gasteiger partial charge < -0.3 is 24.3 Å². The van der Waals surface area contributed by atoms with Gasteiger partial charge in [-0.3, -0.25) is 10.1 Å². The summed E-state index contributed by atoms with van der Waals surface area (Å²) in [5.41, 5.74) is 2.28. The summed E-state index contributed by atoms with van der Waals surface area (Å²) in [5, 5.41) is 6.69. The monoisotopic (exact) mass is 528 g/mol. The molecule has 7 atom stereocenters. The number of carbonyl (C=O) groups is 2. The Hall–Kier alpha value is -2.68. The van der Waals surface area contributed by atoms with Gasteiger partial charge in [0.25, 0.3) is 0 Å². The molecule has 0 aromatic carbocycles. The smallest absolute Gasteiger partial charge is 0.343 e. The summed E-state index contributed by atoms with van der Waals surface area (Å²) in [6.07, 6.45) is 16.0. The number of allylic oxidation sites excluding steroid dienone is 7. The fourth-order valence-corrected chi connectivity index (χ4v) is 5.31. The number of esters is 1. The van der Waals surface area contributed by atoms with E-state index in [4.69, 9.17) is 18.9 Å². The van der Waals surface area contributed by atoms with Crippen molar-refractivity contribution in [1.29, 1.82) is 0 Å². The van der Waals surface area contributed by atoms with Crippen molar-refractivity contribution in [3.8, 4) is 0 Å². The van der Waals surface area contributed by atoms with Crippen molar-refractivity contribution in [3.05, 3.63) is 59.4 Å². The molecule has 6 unspecified atom stereocenters. The van der Waals surface area contributed by atoms with E-state index in [0.717, 1.165) is 24.2 Å². The van der Waals surface area contributed by atoms with Gasteiger partial charge in [-0.1, -0.05) is 55.9 Å². The SMILES string of the molecule is COCOC1C=CC(CC2C(C)=CC(OCC(=O)OC)=C(C)C2C)NC1C(=O)NC[C@H](C)C1C=CC=CC1. The molecule has 3 rings (SSSR count). The molecule has 1 heterocycles. The second-order valence-corrected chi connectivity index (χ2v) is 10.5. The second-order valence-electron chi connectivity index (χ2n) is 10.5. The summed E-state index contributed by atoms with van der Waals surface area (Å²) in [4.78, 5) is 24.9. The Balaban J connectivity index is 1.64. The van der Waals surface area contributed by atoms with Crippen LogP contribution < -0.4 is 10.6 Å². The van der Waals surface area contributed by atoms with Crippen molar-refractivity contribution < 1.29 is 28.5 Å². The van der Waals surface area contributed by atoms with Crippen molar-refractivity contribution in [2.24, 2.45) is 23.7 Å². The third-order valence-electron chi connectivity index (χ3n) is 7.96. The molecule has 2 aliphatic carbocycles. The summed E-state index contributed by atoms with van der Waals surface area (Å²) < 4.78 is 21.4. The van der Waals surface area contributed by atoms with E-state index >= 15 is 0 Å². The van der Waals surface area contributed by atoms with Gasteiger partial charge >= 0.3 is 5.97 Å². The number of ether oxygens (including phenoxy) is 4. The lowest BCUT2D eigenvalue weighted by Gasteiger charge is -2.37. The number of hydrogen-bond donors (Lipinski definition) is 2. The van der Waals surface area contributed by atoms with E-state index in [1.165, 1.54) is 12.7 Å². The molecule has 1 aliphatic heterocycles. The highest BCUT2D eigenvalue weighted by atomic mass is 16.7. The van der Waals surface area contributed by atoms with Crippen molar-refractivity contribution in [1.82, 2.24) is 10.6 Å². The first-order valence-corrected chi connectivity index (χ1v) is 13.5. The second kappa shape index (κ2) is 14.5. The molecule has 0 saturated heterocycles. The largest absolute Gasteiger partial charge is 0.482 e. The van der Waals surface area contributed by atoms with E-state index < -0.39 is 18.1 Å². The Morgan fingerprint density at radius 2 is 1.95 bits per heavy atom. The number of amides is 1. The number of nitrogens with one attached hydrogen (secondary N) is 2. The van der Waals surface area contributed by atoms with Crippen molar-refractivity contribution in [2.45, 2.75) is 58.7 Å². The van der Waals surface area contributed by atoms with Gasteiger partial charge in [0.05, 0.1) is 7.11 Å². The average molecular weight is 529 g/mol. The van der Waals surface area contributed by atoms with Crippen LogP contribution in [0.15, 0.2) is 59.4 Å². The Kier molecular flexibility index (Phi) is 11.4. The number of rotatable bonds is 12. The number of hydrogen-bond acceptors (Lipinski definition) is 7. The maximum atomic E-state index is 13.3. The third-order valence-corrected chi connectivity index (χ3v) is 7.96. The van der Waals surface area contributed by atoms with E-state index in [0.29, 0.717) is 18.4 Å². The molecule has 1 amide bonds. The summed E-state index contributed by atoms with van der Waals surface area (Å²) >= 11 is 0. The lowest BCUT2D eigenvalue weighted by Crippen LogP contribution is -2.57. The van der Waals surface area contributed by atoms with Gasteiger partial charge in [0.15, 0.2) is 6.61 Å². The normalized spacial score (nSPS) is 29.6. The standard InChI is InChI=1S/C30H44N2O6/c1-19-14-27(37-17-28(33)36-6)22(4)21(3)25(19)15-24-12-13-26(38-18-35-5)29(32-24)30(34)31-16-20(2)23-10-8-7-9-11-23/h7-10,12-14,20-21,23-26,29,32H,11,15-18H2,1-6H3,(H,31,34)/t20-,21?,23?,24?,25?,26?,29?/m0/s1. The van der Waals surface area contributed by atoms with Gasteiger partial charge in [-0.05, 0) is 62.0 Å². The topological polar surface area (TPSA) is 95.1 Å². The molecule has 0 bridgehead atoms. The maximum Gasteiger partial charge on any atom is 0.343 e. The molecule has 0 radical (unpaired) electrons. The van der Waals surface area contributed by atoms with Crippen LogP contribution in [0.25, 0.3) is 0 Å². The predicted molar refractivity (Wildman–Crippen MR) is 147 cm³/mol. The minimum atomic E-state index is -0.520. The zero-order valence-corrected chi connectivity index (χ0v) is 23.6. The molecule has 0 spiro atoms. The van der Waals surface area contributed by atoms with E-state index in [-0.39, 0.29) is 37.2 Å². The van der Waals surface area contributed by atoms with Gasteiger partial charge in [0.2, 0.25) is 5.91 Å². The third kappa shape index (κ3) is 7.91. The van der Waals surface area contributed by atoms with Crippen LogP contribution in [-0.2, 0) is 28.5 Å². The molecule has 0 saturated carbocycles. The van der Waals surface area contributed by atoms with Crippen LogP contribution in [0.4, 0.5) is 0 Å². The number of carbonyl (C=O) groups excluding carboxylic acids is 2. The maximum absolute atomic E-state index is 13.3. The molecule has 0 aromatic rings. The minimum Gasteiger partial charge on any atom is -0.482 e.